The quantitative estimate of drug-likeness (QED) is 0.393. The minimum atomic E-state index is -0.746. The predicted octanol–water partition coefficient (Wildman–Crippen LogP) is -0.164. The zero-order chi connectivity index (χ0) is 23.0. The molecule has 0 aromatic heterocycles. The molecule has 11 nitrogen and oxygen atoms in total. The molecule has 31 heavy (non-hydrogen) atoms. The topological polar surface area (TPSA) is 102 Å². The van der Waals surface area contributed by atoms with Crippen molar-refractivity contribution in [3.05, 3.63) is 0 Å². The van der Waals surface area contributed by atoms with Gasteiger partial charge in [-0.25, -0.2) is 0 Å². The smallest absolute Gasteiger partial charge is 0.187 e. The molecule has 0 amide bonds. The van der Waals surface area contributed by atoms with Crippen molar-refractivity contribution in [2.24, 2.45) is 0 Å². The zero-order valence-electron chi connectivity index (χ0n) is 19.7. The lowest BCUT2D eigenvalue weighted by Gasteiger charge is -2.46. The van der Waals surface area contributed by atoms with Gasteiger partial charge in [0.05, 0.1) is 13.2 Å². The molecular formula is C20H38O11. The summed E-state index contributed by atoms with van der Waals surface area (Å²) in [7, 11) is 12.6. The largest absolute Gasteiger partial charge is 0.382 e. The fourth-order valence-electron chi connectivity index (χ4n) is 4.31. The Bertz CT molecular complexity index is 496. The number of methoxy groups -OCH3 is 8. The molecule has 2 aliphatic rings. The van der Waals surface area contributed by atoms with Gasteiger partial charge in [0.1, 0.15) is 48.8 Å². The lowest BCUT2D eigenvalue weighted by atomic mass is 9.97. The van der Waals surface area contributed by atoms with Gasteiger partial charge in [0.2, 0.25) is 0 Å². The summed E-state index contributed by atoms with van der Waals surface area (Å²) in [6.07, 6.45) is -4.97. The summed E-state index contributed by atoms with van der Waals surface area (Å²) in [4.78, 5) is 0. The molecule has 0 aromatic rings. The van der Waals surface area contributed by atoms with Gasteiger partial charge in [-0.3, -0.25) is 0 Å². The molecule has 10 atom stereocenters. The highest BCUT2D eigenvalue weighted by Crippen LogP contribution is 2.31. The Hall–Kier alpha value is -0.440. The Balaban J connectivity index is 2.15. The average molecular weight is 455 g/mol. The van der Waals surface area contributed by atoms with Gasteiger partial charge in [0.25, 0.3) is 0 Å². The van der Waals surface area contributed by atoms with Crippen molar-refractivity contribution in [3.8, 4) is 0 Å². The summed E-state index contributed by atoms with van der Waals surface area (Å²) in [5.74, 6) is 0. The highest BCUT2D eigenvalue weighted by atomic mass is 16.7. The van der Waals surface area contributed by atoms with Crippen LogP contribution in [0.1, 0.15) is 0 Å². The zero-order valence-corrected chi connectivity index (χ0v) is 19.7. The number of rotatable bonds is 12. The molecule has 0 spiro atoms. The van der Waals surface area contributed by atoms with E-state index in [0.717, 1.165) is 0 Å². The molecule has 0 bridgehead atoms. The summed E-state index contributed by atoms with van der Waals surface area (Å²) < 4.78 is 62.7. The maximum absolute atomic E-state index is 6.12. The van der Waals surface area contributed by atoms with Crippen LogP contribution in [0.25, 0.3) is 0 Å². The van der Waals surface area contributed by atoms with Crippen LogP contribution in [0.4, 0.5) is 0 Å². The lowest BCUT2D eigenvalue weighted by Crippen LogP contribution is -2.63. The van der Waals surface area contributed by atoms with Crippen LogP contribution in [-0.2, 0) is 52.1 Å². The van der Waals surface area contributed by atoms with Crippen molar-refractivity contribution in [2.45, 2.75) is 61.4 Å². The van der Waals surface area contributed by atoms with Crippen molar-refractivity contribution in [3.63, 3.8) is 0 Å². The van der Waals surface area contributed by atoms with Crippen LogP contribution in [0.5, 0.6) is 0 Å². The second kappa shape index (κ2) is 13.3. The third kappa shape index (κ3) is 5.92. The van der Waals surface area contributed by atoms with Crippen LogP contribution in [-0.4, -0.2) is 132 Å². The minimum absolute atomic E-state index is 0.132. The number of ether oxygens (including phenoxy) is 11. The molecule has 2 fully saturated rings. The van der Waals surface area contributed by atoms with E-state index in [-0.39, 0.29) is 12.7 Å². The second-order valence-corrected chi connectivity index (χ2v) is 7.31. The minimum Gasteiger partial charge on any atom is -0.382 e. The summed E-state index contributed by atoms with van der Waals surface area (Å²) in [6, 6.07) is 0. The Morgan fingerprint density at radius 3 is 1.29 bits per heavy atom. The van der Waals surface area contributed by atoms with Gasteiger partial charge in [0.15, 0.2) is 12.6 Å². The molecule has 2 rings (SSSR count). The van der Waals surface area contributed by atoms with E-state index in [1.165, 1.54) is 0 Å². The first-order chi connectivity index (χ1) is 15.0. The van der Waals surface area contributed by atoms with E-state index >= 15 is 0 Å². The predicted molar refractivity (Wildman–Crippen MR) is 107 cm³/mol. The molecule has 0 saturated carbocycles. The van der Waals surface area contributed by atoms with Crippen molar-refractivity contribution >= 4 is 0 Å². The Kier molecular flexibility index (Phi) is 11.5. The van der Waals surface area contributed by atoms with Crippen molar-refractivity contribution in [1.82, 2.24) is 0 Å². The molecule has 11 heteroatoms. The van der Waals surface area contributed by atoms with E-state index in [4.69, 9.17) is 52.1 Å². The van der Waals surface area contributed by atoms with Crippen LogP contribution in [0.15, 0.2) is 0 Å². The van der Waals surface area contributed by atoms with Gasteiger partial charge in [-0.15, -0.1) is 0 Å². The standard InChI is InChI=1S/C20H38O11/c1-21-9-11-13(22-2)16(25-5)18(27-7)20(31-11)29-10-12-14(23-3)15(24-4)17(26-6)19(28-8)30-12/h11-20H,9-10H2,1-8H3/t11-,12-,13+,14+,15+,16+,17-,18-,19+,20-/m1/s1. The normalized spacial score (nSPS) is 41.4. The van der Waals surface area contributed by atoms with Gasteiger partial charge in [-0.1, -0.05) is 0 Å². The third-order valence-corrected chi connectivity index (χ3v) is 5.80. The molecular weight excluding hydrogens is 416 g/mol. The average Bonchev–Trinajstić information content (AvgIpc) is 2.80. The van der Waals surface area contributed by atoms with Crippen molar-refractivity contribution < 1.29 is 52.1 Å². The molecule has 0 unspecified atom stereocenters. The highest BCUT2D eigenvalue weighted by Gasteiger charge is 2.50. The van der Waals surface area contributed by atoms with Crippen molar-refractivity contribution in [1.29, 1.82) is 0 Å². The summed E-state index contributed by atoms with van der Waals surface area (Å²) in [6.45, 7) is 0.440. The number of hydrogen-bond donors (Lipinski definition) is 0. The van der Waals surface area contributed by atoms with Crippen molar-refractivity contribution in [2.75, 3.05) is 70.1 Å². The van der Waals surface area contributed by atoms with Crippen LogP contribution >= 0.6 is 0 Å². The molecule has 0 aromatic carbocycles. The Labute approximate surface area is 184 Å². The molecule has 2 saturated heterocycles. The van der Waals surface area contributed by atoms with E-state index in [0.29, 0.717) is 6.61 Å². The highest BCUT2D eigenvalue weighted by molar-refractivity contribution is 4.94. The first-order valence-electron chi connectivity index (χ1n) is 10.2. The van der Waals surface area contributed by atoms with E-state index in [1.807, 2.05) is 0 Å². The first-order valence-corrected chi connectivity index (χ1v) is 10.2. The maximum Gasteiger partial charge on any atom is 0.187 e. The van der Waals surface area contributed by atoms with Gasteiger partial charge in [-0.05, 0) is 0 Å². The van der Waals surface area contributed by atoms with E-state index in [9.17, 15) is 0 Å². The fraction of sp³-hybridized carbons (Fsp3) is 1.00. The van der Waals surface area contributed by atoms with Crippen LogP contribution in [0.3, 0.4) is 0 Å². The molecule has 2 heterocycles. The molecule has 0 radical (unpaired) electrons. The summed E-state index contributed by atoms with van der Waals surface area (Å²) in [5.41, 5.74) is 0. The molecule has 184 valence electrons. The lowest BCUT2D eigenvalue weighted by molar-refractivity contribution is -0.338. The van der Waals surface area contributed by atoms with Crippen LogP contribution in [0, 0.1) is 0 Å². The molecule has 2 aliphatic heterocycles. The van der Waals surface area contributed by atoms with E-state index in [2.05, 4.69) is 0 Å². The Morgan fingerprint density at radius 1 is 0.452 bits per heavy atom. The first kappa shape index (κ1) is 26.8. The number of hydrogen-bond acceptors (Lipinski definition) is 11. The van der Waals surface area contributed by atoms with E-state index < -0.39 is 55.3 Å². The van der Waals surface area contributed by atoms with Gasteiger partial charge >= 0.3 is 0 Å². The van der Waals surface area contributed by atoms with Crippen LogP contribution in [0.2, 0.25) is 0 Å². The van der Waals surface area contributed by atoms with Gasteiger partial charge in [-0.2, -0.15) is 0 Å². The van der Waals surface area contributed by atoms with E-state index in [1.54, 1.807) is 56.9 Å². The summed E-state index contributed by atoms with van der Waals surface area (Å²) in [5, 5.41) is 0. The van der Waals surface area contributed by atoms with Crippen LogP contribution < -0.4 is 0 Å². The SMILES string of the molecule is COC[C@H]1O[C@@H](OC[C@H]2O[C@H](OC)[C@H](OC)[C@@H](OC)[C@H]2OC)[C@H](OC)[C@@H](OC)[C@H]1OC. The second-order valence-electron chi connectivity index (χ2n) is 7.31. The van der Waals surface area contributed by atoms with Gasteiger partial charge < -0.3 is 52.1 Å². The molecule has 0 N–H and O–H groups in total. The molecule has 0 aliphatic carbocycles. The Morgan fingerprint density at radius 2 is 0.871 bits per heavy atom. The third-order valence-electron chi connectivity index (χ3n) is 5.80. The summed E-state index contributed by atoms with van der Waals surface area (Å²) >= 11 is 0. The maximum atomic E-state index is 6.12. The van der Waals surface area contributed by atoms with Gasteiger partial charge in [0, 0.05) is 56.9 Å². The fourth-order valence-corrected chi connectivity index (χ4v) is 4.31. The monoisotopic (exact) mass is 454 g/mol.